The summed E-state index contributed by atoms with van der Waals surface area (Å²) in [5.74, 6) is -3.73. The largest absolute Gasteiger partial charge is 0.375 e. The van der Waals surface area contributed by atoms with Gasteiger partial charge in [0.2, 0.25) is 11.7 Å². The van der Waals surface area contributed by atoms with Gasteiger partial charge in [-0.05, 0) is 51.9 Å². The quantitative estimate of drug-likeness (QED) is 0.237. The molecule has 1 rings (SSSR count). The maximum atomic E-state index is 12.3. The van der Waals surface area contributed by atoms with Gasteiger partial charge in [0, 0.05) is 32.3 Å². The zero-order valence-corrected chi connectivity index (χ0v) is 18.9. The van der Waals surface area contributed by atoms with Gasteiger partial charge < -0.3 is 14.9 Å². The van der Waals surface area contributed by atoms with Gasteiger partial charge in [-0.3, -0.25) is 19.7 Å². The molecule has 1 aliphatic carbocycles. The fourth-order valence-electron chi connectivity index (χ4n) is 3.79. The Hall–Kier alpha value is -1.57. The average molecular weight is 426 g/mol. The van der Waals surface area contributed by atoms with Gasteiger partial charge in [0.1, 0.15) is 5.78 Å². The Morgan fingerprint density at radius 1 is 1.23 bits per heavy atom. The van der Waals surface area contributed by atoms with Crippen LogP contribution in [0.25, 0.3) is 0 Å². The number of ether oxygens (including phenoxy) is 1. The maximum absolute atomic E-state index is 12.3. The summed E-state index contributed by atoms with van der Waals surface area (Å²) < 4.78 is 5.84. The molecule has 0 aliphatic heterocycles. The zero-order chi connectivity index (χ0) is 22.8. The van der Waals surface area contributed by atoms with Crippen molar-refractivity contribution < 1.29 is 29.3 Å². The summed E-state index contributed by atoms with van der Waals surface area (Å²) >= 11 is 0. The number of aliphatic hydroxyl groups is 2. The molecule has 0 bridgehead atoms. The predicted molar refractivity (Wildman–Crippen MR) is 114 cm³/mol. The van der Waals surface area contributed by atoms with Crippen molar-refractivity contribution in [3.8, 4) is 0 Å². The molecule has 0 unspecified atom stereocenters. The molecule has 0 aromatic heterocycles. The van der Waals surface area contributed by atoms with Crippen molar-refractivity contribution in [2.24, 2.45) is 11.8 Å². The lowest BCUT2D eigenvalue weighted by Crippen LogP contribution is -2.48. The van der Waals surface area contributed by atoms with Crippen LogP contribution in [0.5, 0.6) is 0 Å². The average Bonchev–Trinajstić information content (AvgIpc) is 2.99. The minimum absolute atomic E-state index is 0.00921. The Bertz CT molecular complexity index is 611. The van der Waals surface area contributed by atoms with Gasteiger partial charge in [-0.2, -0.15) is 0 Å². The van der Waals surface area contributed by atoms with E-state index in [4.69, 9.17) is 4.74 Å². The molecular weight excluding hydrogens is 386 g/mol. The molecule has 0 spiro atoms. The second-order valence-electron chi connectivity index (χ2n) is 8.94. The number of hydrogen-bond donors (Lipinski definition) is 3. The van der Waals surface area contributed by atoms with E-state index in [9.17, 15) is 24.6 Å². The number of amides is 2. The van der Waals surface area contributed by atoms with Crippen molar-refractivity contribution in [3.05, 3.63) is 12.2 Å². The molecule has 1 saturated carbocycles. The lowest BCUT2D eigenvalue weighted by Gasteiger charge is -2.24. The number of unbranched alkanes of at least 4 members (excludes halogenated alkanes) is 2. The van der Waals surface area contributed by atoms with Crippen molar-refractivity contribution >= 4 is 17.6 Å². The molecule has 0 heterocycles. The molecule has 0 aromatic carbocycles. The van der Waals surface area contributed by atoms with Crippen LogP contribution in [-0.4, -0.2) is 45.8 Å². The second-order valence-corrected chi connectivity index (χ2v) is 8.94. The Morgan fingerprint density at radius 2 is 1.93 bits per heavy atom. The highest BCUT2D eigenvalue weighted by Crippen LogP contribution is 2.34. The fourth-order valence-corrected chi connectivity index (χ4v) is 3.79. The molecule has 2 atom stereocenters. The van der Waals surface area contributed by atoms with Gasteiger partial charge in [0.05, 0.1) is 5.60 Å². The van der Waals surface area contributed by atoms with Gasteiger partial charge in [-0.15, -0.1) is 0 Å². The molecule has 7 nitrogen and oxygen atoms in total. The van der Waals surface area contributed by atoms with Gasteiger partial charge in [-0.25, -0.2) is 0 Å². The second kappa shape index (κ2) is 12.3. The number of allylic oxidation sites excluding steroid dienone is 1. The molecular formula is C23H39NO6. The van der Waals surface area contributed by atoms with E-state index in [1.165, 1.54) is 0 Å². The summed E-state index contributed by atoms with van der Waals surface area (Å²) in [5.41, 5.74) is -0.208. The molecule has 0 aromatic rings. The molecule has 7 heteroatoms. The summed E-state index contributed by atoms with van der Waals surface area (Å²) in [6.07, 6.45) is 10.0. The van der Waals surface area contributed by atoms with Crippen LogP contribution in [0, 0.1) is 11.8 Å². The number of hydrogen-bond acceptors (Lipinski definition) is 6. The van der Waals surface area contributed by atoms with Crippen molar-refractivity contribution in [3.63, 3.8) is 0 Å². The smallest absolute Gasteiger partial charge is 0.286 e. The number of ketones is 1. The van der Waals surface area contributed by atoms with E-state index >= 15 is 0 Å². The lowest BCUT2D eigenvalue weighted by atomic mass is 9.89. The third kappa shape index (κ3) is 9.49. The van der Waals surface area contributed by atoms with Gasteiger partial charge in [-0.1, -0.05) is 31.9 Å². The van der Waals surface area contributed by atoms with Crippen LogP contribution in [-0.2, 0) is 19.1 Å². The Morgan fingerprint density at radius 3 is 2.57 bits per heavy atom. The van der Waals surface area contributed by atoms with E-state index in [0.717, 1.165) is 45.6 Å². The van der Waals surface area contributed by atoms with Crippen LogP contribution >= 0.6 is 0 Å². The van der Waals surface area contributed by atoms with E-state index in [0.29, 0.717) is 25.0 Å². The first-order chi connectivity index (χ1) is 14.0. The van der Waals surface area contributed by atoms with Crippen molar-refractivity contribution in [1.82, 2.24) is 5.32 Å². The molecule has 0 saturated heterocycles. The van der Waals surface area contributed by atoms with Crippen LogP contribution in [0.1, 0.15) is 85.5 Å². The first-order valence-electron chi connectivity index (χ1n) is 11.1. The summed E-state index contributed by atoms with van der Waals surface area (Å²) in [6, 6.07) is 0. The fraction of sp³-hybridized carbons (Fsp3) is 0.783. The van der Waals surface area contributed by atoms with Gasteiger partial charge >= 0.3 is 0 Å². The van der Waals surface area contributed by atoms with Gasteiger partial charge in [0.15, 0.2) is 0 Å². The third-order valence-corrected chi connectivity index (χ3v) is 5.54. The third-order valence-electron chi connectivity index (χ3n) is 5.54. The summed E-state index contributed by atoms with van der Waals surface area (Å²) in [4.78, 5) is 34.7. The summed E-state index contributed by atoms with van der Waals surface area (Å²) in [7, 11) is 0. The number of carbonyl (C=O) groups excluding carboxylic acids is 3. The summed E-state index contributed by atoms with van der Waals surface area (Å²) in [6.45, 7) is 8.11. The highest BCUT2D eigenvalue weighted by atomic mass is 16.5. The molecule has 0 radical (unpaired) electrons. The van der Waals surface area contributed by atoms with Crippen molar-refractivity contribution in [2.45, 2.75) is 96.9 Å². The topological polar surface area (TPSA) is 113 Å². The van der Waals surface area contributed by atoms with Gasteiger partial charge in [0.25, 0.3) is 5.91 Å². The van der Waals surface area contributed by atoms with E-state index in [-0.39, 0.29) is 23.9 Å². The highest BCUT2D eigenvalue weighted by molar-refractivity contribution is 5.97. The SMILES string of the molecule is CCCOC(C)(C)CC=C[C@H]1CCC(=O)[C@@H]1CCCCCC(O)(O)C(=O)NC(C)=O. The number of imide groups is 1. The number of carbonyl (C=O) groups is 3. The first-order valence-corrected chi connectivity index (χ1v) is 11.1. The van der Waals surface area contributed by atoms with Crippen LogP contribution in [0.4, 0.5) is 0 Å². The molecule has 1 aliphatic rings. The zero-order valence-electron chi connectivity index (χ0n) is 18.9. The van der Waals surface area contributed by atoms with Crippen LogP contribution in [0.2, 0.25) is 0 Å². The maximum Gasteiger partial charge on any atom is 0.286 e. The molecule has 30 heavy (non-hydrogen) atoms. The highest BCUT2D eigenvalue weighted by Gasteiger charge is 2.34. The predicted octanol–water partition coefficient (Wildman–Crippen LogP) is 3.03. The number of rotatable bonds is 13. The minimum atomic E-state index is -2.55. The van der Waals surface area contributed by atoms with E-state index in [2.05, 4.69) is 32.9 Å². The Kier molecular flexibility index (Phi) is 10.9. The monoisotopic (exact) mass is 425 g/mol. The minimum Gasteiger partial charge on any atom is -0.375 e. The van der Waals surface area contributed by atoms with Crippen molar-refractivity contribution in [2.75, 3.05) is 6.61 Å². The Labute approximate surface area is 180 Å². The van der Waals surface area contributed by atoms with Crippen LogP contribution < -0.4 is 5.32 Å². The van der Waals surface area contributed by atoms with Crippen molar-refractivity contribution in [1.29, 1.82) is 0 Å². The first kappa shape index (κ1) is 26.5. The number of Topliss-reactive ketones (excluding diaryl/α,β-unsaturated/α-hetero) is 1. The van der Waals surface area contributed by atoms with E-state index in [1.807, 2.05) is 5.32 Å². The molecule has 3 N–H and O–H groups in total. The molecule has 172 valence electrons. The molecule has 1 fully saturated rings. The standard InChI is InChI=1S/C23H39NO6/c1-5-16-30-22(3,4)14-9-10-18-12-13-20(26)19(18)11-7-6-8-15-23(28,29)21(27)24-17(2)25/h9-10,18-19,28-29H,5-8,11-16H2,1-4H3,(H,24,25,27)/t18-,19+/m0/s1. The van der Waals surface area contributed by atoms with Crippen LogP contribution in [0.15, 0.2) is 12.2 Å². The number of nitrogens with one attached hydrogen (secondary N) is 1. The summed E-state index contributed by atoms with van der Waals surface area (Å²) in [5, 5.41) is 21.4. The Balaban J connectivity index is 2.40. The molecule has 2 amide bonds. The van der Waals surface area contributed by atoms with E-state index in [1.54, 1.807) is 0 Å². The lowest BCUT2D eigenvalue weighted by molar-refractivity contribution is -0.188. The normalized spacial score (nSPS) is 20.1. The van der Waals surface area contributed by atoms with Crippen LogP contribution in [0.3, 0.4) is 0 Å². The van der Waals surface area contributed by atoms with E-state index < -0.39 is 17.6 Å².